The maximum absolute atomic E-state index is 7.00. The molecular weight excluding hydrogens is 117 g/mol. The zero-order valence-electron chi connectivity index (χ0n) is 4.81. The van der Waals surface area contributed by atoms with Crippen molar-refractivity contribution in [2.45, 2.75) is 0 Å². The van der Waals surface area contributed by atoms with Gasteiger partial charge in [-0.15, -0.1) is 0 Å². The fraction of sp³-hybridized carbons (Fsp3) is 0. The first kappa shape index (κ1) is 8.13. The molecule has 0 fully saturated rings. The molecule has 47 valence electrons. The Bertz CT molecular complexity index is 97.8. The Hall–Kier alpha value is -0.865. The van der Waals surface area contributed by atoms with E-state index in [1.807, 2.05) is 18.2 Å². The molecule has 1 heterocycles. The lowest BCUT2D eigenvalue weighted by molar-refractivity contribution is 0.448. The Morgan fingerprint density at radius 3 is 1.56 bits per heavy atom. The second kappa shape index (κ2) is 7.13. The average molecular weight is 124 g/mol. The third-order valence-electron chi connectivity index (χ3n) is 0.566. The number of aromatic nitrogens is 1. The van der Waals surface area contributed by atoms with Crippen LogP contribution >= 0.6 is 0 Å². The van der Waals surface area contributed by atoms with Gasteiger partial charge in [0.1, 0.15) is 0 Å². The quantitative estimate of drug-likeness (QED) is 0.462. The van der Waals surface area contributed by atoms with Gasteiger partial charge in [-0.2, -0.15) is 0 Å². The molecule has 2 N–H and O–H groups in total. The predicted molar refractivity (Wildman–Crippen MR) is 34.4 cm³/mol. The van der Waals surface area contributed by atoms with E-state index in [2.05, 4.69) is 4.98 Å². The van der Waals surface area contributed by atoms with Crippen molar-refractivity contribution in [3.63, 3.8) is 0 Å². The van der Waals surface area contributed by atoms with Gasteiger partial charge in [-0.1, -0.05) is 6.07 Å². The molecule has 0 bridgehead atoms. The monoisotopic (exact) mass is 124 g/mol. The fourth-order valence-electron chi connectivity index (χ4n) is 0.313. The zero-order valence-corrected chi connectivity index (χ0v) is 4.81. The van der Waals surface area contributed by atoms with Crippen molar-refractivity contribution in [1.29, 1.82) is 0 Å². The molecule has 1 aromatic heterocycles. The van der Waals surface area contributed by atoms with Crippen LogP contribution in [-0.2, 0) is 0 Å². The van der Waals surface area contributed by atoms with Crippen LogP contribution in [0.2, 0.25) is 0 Å². The number of hydrogen-bond donors (Lipinski definition) is 2. The van der Waals surface area contributed by atoms with Gasteiger partial charge in [0, 0.05) is 12.4 Å². The molecule has 4 heteroatoms. The van der Waals surface area contributed by atoms with Crippen molar-refractivity contribution in [1.82, 2.24) is 4.98 Å². The van der Waals surface area contributed by atoms with Gasteiger partial charge in [0.05, 0.1) is 0 Å². The molecular formula is C5H7BNO2. The lowest BCUT2D eigenvalue weighted by atomic mass is 10.5. The molecule has 0 unspecified atom stereocenters. The summed E-state index contributed by atoms with van der Waals surface area (Å²) in [5.74, 6) is 0. The molecule has 0 aliphatic carbocycles. The van der Waals surface area contributed by atoms with Crippen LogP contribution in [0.4, 0.5) is 0 Å². The van der Waals surface area contributed by atoms with Crippen molar-refractivity contribution in [3.8, 4) is 0 Å². The van der Waals surface area contributed by atoms with E-state index >= 15 is 0 Å². The van der Waals surface area contributed by atoms with Crippen LogP contribution in [0.3, 0.4) is 0 Å². The van der Waals surface area contributed by atoms with Crippen molar-refractivity contribution in [2.75, 3.05) is 0 Å². The molecule has 0 aromatic carbocycles. The van der Waals surface area contributed by atoms with Crippen LogP contribution in [0.5, 0.6) is 0 Å². The van der Waals surface area contributed by atoms with Crippen LogP contribution in [-0.4, -0.2) is 22.7 Å². The molecule has 3 nitrogen and oxygen atoms in total. The zero-order chi connectivity index (χ0) is 6.95. The first-order valence-electron chi connectivity index (χ1n) is 2.37. The molecule has 0 saturated heterocycles. The van der Waals surface area contributed by atoms with Crippen LogP contribution < -0.4 is 0 Å². The molecule has 0 amide bonds. The highest BCUT2D eigenvalue weighted by Crippen LogP contribution is 1.73. The number of rotatable bonds is 0. The summed E-state index contributed by atoms with van der Waals surface area (Å²) < 4.78 is 0. The van der Waals surface area contributed by atoms with E-state index in [1.54, 1.807) is 12.4 Å². The van der Waals surface area contributed by atoms with Crippen molar-refractivity contribution in [3.05, 3.63) is 30.6 Å². The molecule has 0 atom stereocenters. The van der Waals surface area contributed by atoms with E-state index < -0.39 is 0 Å². The van der Waals surface area contributed by atoms with Gasteiger partial charge >= 0.3 is 7.69 Å². The van der Waals surface area contributed by atoms with E-state index in [4.69, 9.17) is 10.0 Å². The highest BCUT2D eigenvalue weighted by molar-refractivity contribution is 6.13. The SMILES string of the molecule is O[B]O.c1ccncc1. The van der Waals surface area contributed by atoms with Gasteiger partial charge in [-0.05, 0) is 12.1 Å². The van der Waals surface area contributed by atoms with Crippen molar-refractivity contribution < 1.29 is 10.0 Å². The molecule has 0 spiro atoms. The highest BCUT2D eigenvalue weighted by atomic mass is 16.4. The predicted octanol–water partition coefficient (Wildman–Crippen LogP) is -0.413. The first-order chi connectivity index (χ1) is 4.41. The van der Waals surface area contributed by atoms with Crippen molar-refractivity contribution in [2.24, 2.45) is 0 Å². The minimum atomic E-state index is 0. The van der Waals surface area contributed by atoms with E-state index in [9.17, 15) is 0 Å². The molecule has 0 aliphatic heterocycles. The van der Waals surface area contributed by atoms with Crippen molar-refractivity contribution >= 4 is 7.69 Å². The minimum Gasteiger partial charge on any atom is -0.429 e. The van der Waals surface area contributed by atoms with E-state index in [-0.39, 0.29) is 7.69 Å². The molecule has 9 heavy (non-hydrogen) atoms. The molecule has 0 saturated carbocycles. The fourth-order valence-corrected chi connectivity index (χ4v) is 0.313. The van der Waals surface area contributed by atoms with E-state index in [0.717, 1.165) is 0 Å². The second-order valence-electron chi connectivity index (χ2n) is 1.14. The van der Waals surface area contributed by atoms with Gasteiger partial charge in [-0.25, -0.2) is 0 Å². The van der Waals surface area contributed by atoms with Gasteiger partial charge in [-0.3, -0.25) is 4.98 Å². The van der Waals surface area contributed by atoms with Gasteiger partial charge in [0.25, 0.3) is 0 Å². The summed E-state index contributed by atoms with van der Waals surface area (Å²) in [5, 5.41) is 14.0. The lowest BCUT2D eigenvalue weighted by Gasteiger charge is -1.70. The molecule has 0 aliphatic rings. The molecule has 1 rings (SSSR count). The number of nitrogens with zero attached hydrogens (tertiary/aromatic N) is 1. The van der Waals surface area contributed by atoms with Gasteiger partial charge in [0.2, 0.25) is 0 Å². The summed E-state index contributed by atoms with van der Waals surface area (Å²) in [6.45, 7) is 0. The summed E-state index contributed by atoms with van der Waals surface area (Å²) in [6.07, 6.45) is 3.50. The van der Waals surface area contributed by atoms with Crippen LogP contribution in [0, 0.1) is 0 Å². The smallest absolute Gasteiger partial charge is 0.429 e. The molecule has 1 aromatic rings. The highest BCUT2D eigenvalue weighted by Gasteiger charge is 1.58. The van der Waals surface area contributed by atoms with Crippen LogP contribution in [0.15, 0.2) is 30.6 Å². The maximum atomic E-state index is 7.00. The maximum Gasteiger partial charge on any atom is 0.482 e. The van der Waals surface area contributed by atoms with Crippen LogP contribution in [0.1, 0.15) is 0 Å². The van der Waals surface area contributed by atoms with Gasteiger partial charge in [0.15, 0.2) is 0 Å². The largest absolute Gasteiger partial charge is 0.482 e. The van der Waals surface area contributed by atoms with E-state index in [1.165, 1.54) is 0 Å². The summed E-state index contributed by atoms with van der Waals surface area (Å²) in [7, 11) is 0. The summed E-state index contributed by atoms with van der Waals surface area (Å²) in [4.78, 5) is 3.78. The summed E-state index contributed by atoms with van der Waals surface area (Å²) in [5.41, 5.74) is 0. The summed E-state index contributed by atoms with van der Waals surface area (Å²) >= 11 is 0. The number of pyridine rings is 1. The summed E-state index contributed by atoms with van der Waals surface area (Å²) in [6, 6.07) is 5.72. The standard InChI is InChI=1S/C5H5N.BH2O2/c1-2-4-6-5-3-1;2-1-3/h1-5H;2-3H. The Morgan fingerprint density at radius 2 is 1.44 bits per heavy atom. The lowest BCUT2D eigenvalue weighted by Crippen LogP contribution is -1.75. The Balaban J connectivity index is 0.000000187. The number of hydrogen-bond acceptors (Lipinski definition) is 3. The minimum absolute atomic E-state index is 0. The third kappa shape index (κ3) is 7.13. The Morgan fingerprint density at radius 1 is 1.00 bits per heavy atom. The first-order valence-corrected chi connectivity index (χ1v) is 2.37. The van der Waals surface area contributed by atoms with Gasteiger partial charge < -0.3 is 10.0 Å². The Labute approximate surface area is 54.3 Å². The topological polar surface area (TPSA) is 53.4 Å². The normalized spacial score (nSPS) is 6.89. The third-order valence-corrected chi connectivity index (χ3v) is 0.566. The van der Waals surface area contributed by atoms with E-state index in [0.29, 0.717) is 0 Å². The average Bonchev–Trinajstić information content (AvgIpc) is 1.93. The second-order valence-corrected chi connectivity index (χ2v) is 1.14. The molecule has 1 radical (unpaired) electrons. The van der Waals surface area contributed by atoms with Crippen LogP contribution in [0.25, 0.3) is 0 Å². The Kier molecular flexibility index (Phi) is 6.45.